The molecule has 0 saturated carbocycles. The minimum Gasteiger partial charge on any atom is -0.311 e. The second-order valence-corrected chi connectivity index (χ2v) is 8.26. The number of imidazole rings is 1. The van der Waals surface area contributed by atoms with E-state index >= 15 is 0 Å². The van der Waals surface area contributed by atoms with Gasteiger partial charge in [-0.2, -0.15) is 0 Å². The van der Waals surface area contributed by atoms with Crippen LogP contribution in [0, 0.1) is 13.8 Å². The average molecular weight is 392 g/mol. The van der Waals surface area contributed by atoms with Crippen LogP contribution in [0.15, 0.2) is 30.3 Å². The molecule has 1 N–H and O–H groups in total. The van der Waals surface area contributed by atoms with Crippen LogP contribution in [0.1, 0.15) is 48.0 Å². The van der Waals surface area contributed by atoms with Crippen molar-refractivity contribution in [2.24, 2.45) is 0 Å². The molecular weight excluding hydrogens is 358 g/mol. The summed E-state index contributed by atoms with van der Waals surface area (Å²) in [5, 5.41) is 3.58. The lowest BCUT2D eigenvalue weighted by atomic mass is 10.1. The summed E-state index contributed by atoms with van der Waals surface area (Å²) in [5.74, 6) is 1.11. The van der Waals surface area contributed by atoms with E-state index in [1.807, 2.05) is 0 Å². The summed E-state index contributed by atoms with van der Waals surface area (Å²) < 4.78 is 2.28. The Morgan fingerprint density at radius 1 is 1.00 bits per heavy atom. The Morgan fingerprint density at radius 3 is 2.45 bits per heavy atom. The second kappa shape index (κ2) is 9.06. The predicted molar refractivity (Wildman–Crippen MR) is 119 cm³/mol. The van der Waals surface area contributed by atoms with E-state index in [2.05, 4.69) is 65.9 Å². The van der Waals surface area contributed by atoms with Gasteiger partial charge in [0, 0.05) is 31.7 Å². The number of hydrogen-bond donors (Lipinski definition) is 1. The lowest BCUT2D eigenvalue weighted by Crippen LogP contribution is -2.29. The zero-order valence-electron chi connectivity index (χ0n) is 18.0. The first-order chi connectivity index (χ1) is 14.1. The van der Waals surface area contributed by atoms with Gasteiger partial charge in [-0.3, -0.25) is 0 Å². The minimum absolute atomic E-state index is 0.818. The number of nitrogens with zero attached hydrogens (tertiary/aromatic N) is 4. The molecule has 5 heteroatoms. The van der Waals surface area contributed by atoms with Gasteiger partial charge in [-0.05, 0) is 62.5 Å². The molecule has 1 aliphatic heterocycles. The maximum absolute atomic E-state index is 4.85. The molecule has 1 saturated heterocycles. The molecule has 1 aromatic carbocycles. The smallest absolute Gasteiger partial charge is 0.160 e. The van der Waals surface area contributed by atoms with Crippen LogP contribution in [-0.2, 0) is 19.5 Å². The van der Waals surface area contributed by atoms with Crippen LogP contribution >= 0.6 is 0 Å². The number of aromatic nitrogens is 3. The molecule has 0 spiro atoms. The van der Waals surface area contributed by atoms with Crippen LogP contribution in [0.2, 0.25) is 0 Å². The molecule has 1 fully saturated rings. The van der Waals surface area contributed by atoms with Crippen molar-refractivity contribution in [2.75, 3.05) is 26.2 Å². The van der Waals surface area contributed by atoms with Crippen molar-refractivity contribution in [2.45, 2.75) is 53.1 Å². The summed E-state index contributed by atoms with van der Waals surface area (Å²) >= 11 is 0. The van der Waals surface area contributed by atoms with E-state index in [-0.39, 0.29) is 0 Å². The van der Waals surface area contributed by atoms with Crippen LogP contribution in [0.25, 0.3) is 11.2 Å². The molecule has 0 atom stereocenters. The Labute approximate surface area is 174 Å². The summed E-state index contributed by atoms with van der Waals surface area (Å²) in [7, 11) is 0. The number of benzene rings is 1. The molecule has 2 aromatic heterocycles. The van der Waals surface area contributed by atoms with Gasteiger partial charge in [0.2, 0.25) is 0 Å². The number of aryl methyl sites for hydroxylation is 3. The lowest BCUT2D eigenvalue weighted by molar-refractivity contribution is 0.335. The van der Waals surface area contributed by atoms with Crippen molar-refractivity contribution in [3.05, 3.63) is 58.5 Å². The largest absolute Gasteiger partial charge is 0.311 e. The molecule has 3 aromatic rings. The Bertz CT molecular complexity index is 952. The Kier molecular flexibility index (Phi) is 6.26. The maximum atomic E-state index is 4.85. The minimum atomic E-state index is 0.818. The molecule has 5 nitrogen and oxygen atoms in total. The normalized spacial score (nSPS) is 14.9. The third kappa shape index (κ3) is 4.68. The maximum Gasteiger partial charge on any atom is 0.160 e. The molecule has 0 bridgehead atoms. The number of likely N-dealkylation sites (tertiary alicyclic amines) is 1. The van der Waals surface area contributed by atoms with Crippen molar-refractivity contribution in [1.82, 2.24) is 24.8 Å². The highest BCUT2D eigenvalue weighted by Crippen LogP contribution is 2.21. The zero-order valence-corrected chi connectivity index (χ0v) is 18.0. The lowest BCUT2D eigenvalue weighted by Gasteiger charge is -2.15. The summed E-state index contributed by atoms with van der Waals surface area (Å²) in [6.07, 6.45) is 3.64. The van der Waals surface area contributed by atoms with E-state index in [1.54, 1.807) is 0 Å². The van der Waals surface area contributed by atoms with Crippen LogP contribution in [0.5, 0.6) is 0 Å². The number of rotatable bonds is 8. The van der Waals surface area contributed by atoms with Crippen molar-refractivity contribution >= 4 is 11.2 Å². The highest BCUT2D eigenvalue weighted by Gasteiger charge is 2.14. The van der Waals surface area contributed by atoms with E-state index < -0.39 is 0 Å². The van der Waals surface area contributed by atoms with E-state index in [9.17, 15) is 0 Å². The number of pyridine rings is 1. The molecule has 0 aliphatic carbocycles. The van der Waals surface area contributed by atoms with Crippen LogP contribution in [0.4, 0.5) is 0 Å². The molecule has 0 amide bonds. The fourth-order valence-electron chi connectivity index (χ4n) is 4.31. The first-order valence-corrected chi connectivity index (χ1v) is 11.0. The van der Waals surface area contributed by atoms with E-state index in [1.165, 1.54) is 42.6 Å². The van der Waals surface area contributed by atoms with Gasteiger partial charge < -0.3 is 14.8 Å². The fourth-order valence-corrected chi connectivity index (χ4v) is 4.31. The monoisotopic (exact) mass is 391 g/mol. The Hall–Kier alpha value is -2.24. The quantitative estimate of drug-likeness (QED) is 0.593. The average Bonchev–Trinajstić information content (AvgIpc) is 3.35. The summed E-state index contributed by atoms with van der Waals surface area (Å²) in [6.45, 7) is 12.9. The Balaban J connectivity index is 1.41. The molecular formula is C24H33N5. The van der Waals surface area contributed by atoms with Crippen molar-refractivity contribution < 1.29 is 0 Å². The standard InChI is InChI=1S/C24H33N5/c1-4-22-27-23-18(2)15-19(3)26-24(23)29(22)17-21-9-7-20(8-10-21)16-25-11-14-28-12-5-6-13-28/h7-10,15,25H,4-6,11-14,16-17H2,1-3H3. The highest BCUT2D eigenvalue weighted by atomic mass is 15.1. The van der Waals surface area contributed by atoms with Gasteiger partial charge in [0.05, 0.1) is 6.54 Å². The van der Waals surface area contributed by atoms with Crippen LogP contribution < -0.4 is 5.32 Å². The van der Waals surface area contributed by atoms with Gasteiger partial charge in [0.25, 0.3) is 0 Å². The van der Waals surface area contributed by atoms with Gasteiger partial charge in [0.15, 0.2) is 5.65 Å². The third-order valence-corrected chi connectivity index (χ3v) is 5.91. The Morgan fingerprint density at radius 2 is 1.72 bits per heavy atom. The van der Waals surface area contributed by atoms with Crippen molar-refractivity contribution in [3.8, 4) is 0 Å². The number of fused-ring (bicyclic) bond motifs is 1. The van der Waals surface area contributed by atoms with Crippen LogP contribution in [-0.4, -0.2) is 45.6 Å². The molecule has 0 unspecified atom stereocenters. The van der Waals surface area contributed by atoms with Crippen molar-refractivity contribution in [1.29, 1.82) is 0 Å². The summed E-state index contributed by atoms with van der Waals surface area (Å²) in [5.41, 5.74) is 6.93. The van der Waals surface area contributed by atoms with Crippen LogP contribution in [0.3, 0.4) is 0 Å². The van der Waals surface area contributed by atoms with Crippen molar-refractivity contribution in [3.63, 3.8) is 0 Å². The molecule has 0 radical (unpaired) electrons. The number of hydrogen-bond acceptors (Lipinski definition) is 4. The topological polar surface area (TPSA) is 46.0 Å². The zero-order chi connectivity index (χ0) is 20.2. The molecule has 154 valence electrons. The molecule has 3 heterocycles. The summed E-state index contributed by atoms with van der Waals surface area (Å²) in [6, 6.07) is 11.1. The van der Waals surface area contributed by atoms with Gasteiger partial charge in [-0.15, -0.1) is 0 Å². The molecule has 4 rings (SSSR count). The fraction of sp³-hybridized carbons (Fsp3) is 0.500. The van der Waals surface area contributed by atoms with Gasteiger partial charge in [0.1, 0.15) is 11.3 Å². The van der Waals surface area contributed by atoms with Gasteiger partial charge in [-0.25, -0.2) is 9.97 Å². The highest BCUT2D eigenvalue weighted by molar-refractivity contribution is 5.76. The predicted octanol–water partition coefficient (Wildman–Crippen LogP) is 3.84. The molecule has 29 heavy (non-hydrogen) atoms. The third-order valence-electron chi connectivity index (χ3n) is 5.91. The van der Waals surface area contributed by atoms with E-state index in [4.69, 9.17) is 9.97 Å². The van der Waals surface area contributed by atoms with E-state index in [0.29, 0.717) is 0 Å². The summed E-state index contributed by atoms with van der Waals surface area (Å²) in [4.78, 5) is 12.2. The van der Waals surface area contributed by atoms with Gasteiger partial charge in [-0.1, -0.05) is 31.2 Å². The van der Waals surface area contributed by atoms with Gasteiger partial charge >= 0.3 is 0 Å². The first kappa shape index (κ1) is 20.0. The SMILES string of the molecule is CCc1nc2c(C)cc(C)nc2n1Cc1ccc(CNCCN2CCCC2)cc1. The first-order valence-electron chi connectivity index (χ1n) is 11.0. The second-order valence-electron chi connectivity index (χ2n) is 8.26. The number of nitrogens with one attached hydrogen (secondary N) is 1. The molecule has 1 aliphatic rings. The van der Waals surface area contributed by atoms with E-state index in [0.717, 1.165) is 55.3 Å².